The van der Waals surface area contributed by atoms with Crippen LogP contribution in [0.5, 0.6) is 11.6 Å². The maximum atomic E-state index is 14.8. The average Bonchev–Trinajstić information content (AvgIpc) is 3.38. The molecule has 1 unspecified atom stereocenters. The molecule has 1 aromatic heterocycles. The number of aliphatic carboxylic acids is 2. The number of carbonyl (C=O) groups excluding carboxylic acids is 2. The summed E-state index contributed by atoms with van der Waals surface area (Å²) in [5.41, 5.74) is -2.75. The summed E-state index contributed by atoms with van der Waals surface area (Å²) in [4.78, 5) is 56.6. The van der Waals surface area contributed by atoms with Gasteiger partial charge in [-0.1, -0.05) is 11.6 Å². The summed E-state index contributed by atoms with van der Waals surface area (Å²) < 4.78 is 82.6. The lowest BCUT2D eigenvalue weighted by atomic mass is 9.87. The number of carboxylic acid groups (broad SMARTS) is 2. The first-order valence-corrected chi connectivity index (χ1v) is 19.1. The van der Waals surface area contributed by atoms with Gasteiger partial charge in [0.1, 0.15) is 5.75 Å². The highest BCUT2D eigenvalue weighted by Gasteiger charge is 2.61. The van der Waals surface area contributed by atoms with Gasteiger partial charge >= 0.3 is 12.5 Å². The largest absolute Gasteiger partial charge is 0.573 e. The van der Waals surface area contributed by atoms with E-state index in [9.17, 15) is 31.2 Å². The molecule has 0 aliphatic carbocycles. The molecule has 1 atom stereocenters. The Morgan fingerprint density at radius 3 is 2.04 bits per heavy atom. The highest BCUT2D eigenvalue weighted by Crippen LogP contribution is 2.52. The number of ether oxygens (including phenoxy) is 3. The Morgan fingerprint density at radius 1 is 0.912 bits per heavy atom. The number of piperidine rings is 1. The van der Waals surface area contributed by atoms with Gasteiger partial charge in [-0.25, -0.2) is 18.2 Å². The van der Waals surface area contributed by atoms with Crippen LogP contribution in [-0.2, 0) is 34.7 Å². The van der Waals surface area contributed by atoms with E-state index in [1.54, 1.807) is 0 Å². The van der Waals surface area contributed by atoms with Crippen LogP contribution >= 0.6 is 11.6 Å². The molecular formula is C36H41ClF3N5O11S. The molecule has 310 valence electrons. The summed E-state index contributed by atoms with van der Waals surface area (Å²) in [5, 5.41) is 14.9. The van der Waals surface area contributed by atoms with E-state index in [4.69, 9.17) is 40.9 Å². The van der Waals surface area contributed by atoms with Crippen LogP contribution in [0, 0.1) is 0 Å². The van der Waals surface area contributed by atoms with Gasteiger partial charge < -0.3 is 34.2 Å². The Bertz CT molecular complexity index is 2020. The van der Waals surface area contributed by atoms with Crippen molar-refractivity contribution >= 4 is 51.3 Å². The van der Waals surface area contributed by atoms with Gasteiger partial charge in [0.15, 0.2) is 0 Å². The van der Waals surface area contributed by atoms with Crippen molar-refractivity contribution in [3.05, 3.63) is 76.9 Å². The molecular weight excluding hydrogens is 803 g/mol. The van der Waals surface area contributed by atoms with E-state index in [0.717, 1.165) is 64.0 Å². The van der Waals surface area contributed by atoms with E-state index in [2.05, 4.69) is 26.6 Å². The zero-order valence-corrected chi connectivity index (χ0v) is 32.8. The summed E-state index contributed by atoms with van der Waals surface area (Å²) >= 11 is 6.40. The van der Waals surface area contributed by atoms with Crippen molar-refractivity contribution in [1.82, 2.24) is 19.7 Å². The van der Waals surface area contributed by atoms with Crippen molar-refractivity contribution in [3.8, 4) is 11.6 Å². The van der Waals surface area contributed by atoms with Gasteiger partial charge in [0, 0.05) is 62.9 Å². The number of piperazine rings is 1. The highest BCUT2D eigenvalue weighted by atomic mass is 35.5. The van der Waals surface area contributed by atoms with Crippen molar-refractivity contribution in [3.63, 3.8) is 0 Å². The molecule has 0 bridgehead atoms. The molecule has 2 N–H and O–H groups in total. The summed E-state index contributed by atoms with van der Waals surface area (Å²) in [6.45, 7) is 5.90. The number of alkyl halides is 3. The zero-order valence-electron chi connectivity index (χ0n) is 31.2. The van der Waals surface area contributed by atoms with Crippen molar-refractivity contribution < 1.29 is 65.2 Å². The maximum Gasteiger partial charge on any atom is 0.573 e. The summed E-state index contributed by atoms with van der Waals surface area (Å²) in [7, 11) is -1.45. The van der Waals surface area contributed by atoms with Crippen molar-refractivity contribution in [2.75, 3.05) is 57.7 Å². The molecule has 6 rings (SSSR count). The van der Waals surface area contributed by atoms with Crippen LogP contribution in [0.25, 0.3) is 0 Å². The number of carboxylic acids is 2. The number of methoxy groups -OCH3 is 1. The SMILES string of the molecule is CC(=O)O.CC(=O)O.COc1ncccc1C1(OC(=O)N2CCN(C3CCN(C)CC3)CC2)C(=O)N(S(=O)(=O)c2ccc(OC(F)(F)F)cc2)c2ccc(Cl)cc21. The van der Waals surface area contributed by atoms with Crippen LogP contribution in [0.1, 0.15) is 37.8 Å². The Morgan fingerprint density at radius 2 is 1.49 bits per heavy atom. The predicted molar refractivity (Wildman–Crippen MR) is 198 cm³/mol. The van der Waals surface area contributed by atoms with Gasteiger partial charge in [-0.3, -0.25) is 19.3 Å². The van der Waals surface area contributed by atoms with E-state index in [-0.39, 0.29) is 27.7 Å². The number of aromatic nitrogens is 1. The third kappa shape index (κ3) is 10.6. The Labute approximate surface area is 331 Å². The second-order valence-electron chi connectivity index (χ2n) is 13.0. The molecule has 0 spiro atoms. The van der Waals surface area contributed by atoms with E-state index in [0.29, 0.717) is 36.5 Å². The lowest BCUT2D eigenvalue weighted by Crippen LogP contribution is -2.55. The molecule has 2 aromatic carbocycles. The number of pyridine rings is 1. The Balaban J connectivity index is 0.000000824. The Kier molecular flexibility index (Phi) is 14.4. The van der Waals surface area contributed by atoms with Gasteiger partial charge in [-0.15, -0.1) is 13.2 Å². The topological polar surface area (TPSA) is 196 Å². The molecule has 3 aromatic rings. The van der Waals surface area contributed by atoms with Crippen molar-refractivity contribution in [1.29, 1.82) is 0 Å². The number of benzene rings is 2. The molecule has 2 fully saturated rings. The molecule has 3 aliphatic heterocycles. The third-order valence-electron chi connectivity index (χ3n) is 9.00. The standard InChI is InChI=1S/C32H33ClF3N5O7S.2C2H4O2/c1-38-14-11-22(12-15-38)39-16-18-40(19-17-39)30(43)48-31(25-4-3-13-37-28(25)46-2)26-20-21(33)5-10-27(26)41(29(31)42)49(44,45)24-8-6-23(7-9-24)47-32(34,35)36;2*1-2(3)4/h3-10,13,20,22H,11-12,14-19H2,1-2H3;2*1H3,(H,3,4). The number of hydrogen-bond acceptors (Lipinski definition) is 12. The predicted octanol–water partition coefficient (Wildman–Crippen LogP) is 4.65. The van der Waals surface area contributed by atoms with Gasteiger partial charge in [0.05, 0.1) is 23.3 Å². The quantitative estimate of drug-likeness (QED) is 0.334. The number of sulfonamides is 1. The molecule has 21 heteroatoms. The number of carbonyl (C=O) groups is 4. The number of fused-ring (bicyclic) bond motifs is 1. The van der Waals surface area contributed by atoms with Gasteiger partial charge in [0.25, 0.3) is 33.5 Å². The molecule has 4 heterocycles. The van der Waals surface area contributed by atoms with Crippen LogP contribution in [0.4, 0.5) is 23.7 Å². The normalized spacial score (nSPS) is 19.0. The van der Waals surface area contributed by atoms with E-state index in [1.165, 1.54) is 48.5 Å². The molecule has 2 saturated heterocycles. The number of rotatable bonds is 7. The highest BCUT2D eigenvalue weighted by molar-refractivity contribution is 7.93. The fourth-order valence-corrected chi connectivity index (χ4v) is 8.18. The summed E-state index contributed by atoms with van der Waals surface area (Å²) in [5.74, 6) is -3.65. The molecule has 16 nitrogen and oxygen atoms in total. The monoisotopic (exact) mass is 843 g/mol. The number of nitrogens with zero attached hydrogens (tertiary/aromatic N) is 5. The molecule has 0 radical (unpaired) electrons. The summed E-state index contributed by atoms with van der Waals surface area (Å²) in [6, 6.07) is 10.6. The smallest absolute Gasteiger partial charge is 0.481 e. The zero-order chi connectivity index (χ0) is 42.3. The van der Waals surface area contributed by atoms with Crippen LogP contribution in [-0.4, -0.2) is 128 Å². The molecule has 57 heavy (non-hydrogen) atoms. The fraction of sp³-hybridized carbons (Fsp3) is 0.417. The molecule has 0 saturated carbocycles. The van der Waals surface area contributed by atoms with E-state index in [1.807, 2.05) is 0 Å². The first-order valence-electron chi connectivity index (χ1n) is 17.3. The third-order valence-corrected chi connectivity index (χ3v) is 10.9. The fourth-order valence-electron chi connectivity index (χ4n) is 6.55. The number of likely N-dealkylation sites (tertiary alicyclic amines) is 1. The number of halogens is 4. The number of amides is 2. The second kappa shape index (κ2) is 18.4. The molecule has 2 amide bonds. The van der Waals surface area contributed by atoms with Crippen LogP contribution in [0.15, 0.2) is 65.7 Å². The lowest BCUT2D eigenvalue weighted by Gasteiger charge is -2.42. The average molecular weight is 844 g/mol. The van der Waals surface area contributed by atoms with E-state index < -0.39 is 56.6 Å². The van der Waals surface area contributed by atoms with Gasteiger partial charge in [-0.05, 0) is 87.6 Å². The van der Waals surface area contributed by atoms with Gasteiger partial charge in [-0.2, -0.15) is 4.31 Å². The first-order chi connectivity index (χ1) is 26.7. The number of hydrogen-bond donors (Lipinski definition) is 2. The van der Waals surface area contributed by atoms with Crippen molar-refractivity contribution in [2.45, 2.75) is 49.6 Å². The Hall–Kier alpha value is -5.18. The van der Waals surface area contributed by atoms with Gasteiger partial charge in [0.2, 0.25) is 5.88 Å². The number of anilines is 1. The minimum absolute atomic E-state index is 0.0593. The maximum absolute atomic E-state index is 14.8. The van der Waals surface area contributed by atoms with Crippen LogP contribution in [0.2, 0.25) is 5.02 Å². The minimum atomic E-state index is -5.00. The van der Waals surface area contributed by atoms with Crippen LogP contribution < -0.4 is 13.8 Å². The minimum Gasteiger partial charge on any atom is -0.481 e. The van der Waals surface area contributed by atoms with Crippen LogP contribution in [0.3, 0.4) is 0 Å². The molecule has 3 aliphatic rings. The first kappa shape index (κ1) is 44.5. The second-order valence-corrected chi connectivity index (χ2v) is 15.2. The van der Waals surface area contributed by atoms with E-state index >= 15 is 0 Å². The lowest BCUT2D eigenvalue weighted by molar-refractivity contribution is -0.274. The summed E-state index contributed by atoms with van der Waals surface area (Å²) in [6.07, 6.45) is -2.47. The van der Waals surface area contributed by atoms with Crippen molar-refractivity contribution in [2.24, 2.45) is 0 Å².